The Hall–Kier alpha value is -2.42. The lowest BCUT2D eigenvalue weighted by Gasteiger charge is -2.37. The summed E-state index contributed by atoms with van der Waals surface area (Å²) in [6.07, 6.45) is 3.98. The zero-order chi connectivity index (χ0) is 24.8. The number of methoxy groups -OCH3 is 1. The molecule has 1 saturated heterocycles. The Kier molecular flexibility index (Phi) is 8.46. The molecule has 1 unspecified atom stereocenters. The number of benzene rings is 1. The van der Waals surface area contributed by atoms with Crippen LogP contribution in [0.5, 0.6) is 0 Å². The number of hydrogen-bond acceptors (Lipinski definition) is 7. The van der Waals surface area contributed by atoms with Gasteiger partial charge in [0, 0.05) is 35.6 Å². The lowest BCUT2D eigenvalue weighted by molar-refractivity contribution is -0.183. The fourth-order valence-corrected chi connectivity index (χ4v) is 6.65. The first-order chi connectivity index (χ1) is 16.9. The number of alkyl carbamates (subject to hydrolysis) is 1. The maximum Gasteiger partial charge on any atom is 0.407 e. The van der Waals surface area contributed by atoms with Crippen molar-refractivity contribution < 1.29 is 28.5 Å². The van der Waals surface area contributed by atoms with Crippen molar-refractivity contribution in [3.05, 3.63) is 56.8 Å². The molecule has 1 atom stereocenters. The lowest BCUT2D eigenvalue weighted by atomic mass is 9.77. The highest BCUT2D eigenvalue weighted by Gasteiger charge is 2.42. The summed E-state index contributed by atoms with van der Waals surface area (Å²) in [5.41, 5.74) is 2.56. The monoisotopic (exact) mass is 501 g/mol. The highest BCUT2D eigenvalue weighted by molar-refractivity contribution is 7.12. The van der Waals surface area contributed by atoms with Gasteiger partial charge in [0.1, 0.15) is 6.61 Å². The quantitative estimate of drug-likeness (QED) is 0.491. The van der Waals surface area contributed by atoms with E-state index in [2.05, 4.69) is 12.2 Å². The third-order valence-electron chi connectivity index (χ3n) is 7.21. The third-order valence-corrected chi connectivity index (χ3v) is 8.76. The summed E-state index contributed by atoms with van der Waals surface area (Å²) in [5, 5.41) is 2.80. The molecule has 1 spiro atoms. The fourth-order valence-electron chi connectivity index (χ4n) is 5.20. The van der Waals surface area contributed by atoms with E-state index < -0.39 is 6.09 Å². The summed E-state index contributed by atoms with van der Waals surface area (Å²) in [6.45, 7) is 6.23. The second-order valence-corrected chi connectivity index (χ2v) is 10.5. The molecule has 35 heavy (non-hydrogen) atoms. The normalized spacial score (nSPS) is 18.4. The van der Waals surface area contributed by atoms with Crippen LogP contribution in [0.4, 0.5) is 4.79 Å². The standard InChI is InChI=1S/C27H35NO6S/c1-18(21-9-12-27(13-10-21)33-15-16-34-27)24-19(2)23(25(29)31-3)22(35-24)11-14-28-26(30)32-17-20-7-5-4-6-8-20/h4-8,18,21H,9-17H2,1-3H3,(H,28,30). The van der Waals surface area contributed by atoms with Crippen molar-refractivity contribution in [2.24, 2.45) is 5.92 Å². The summed E-state index contributed by atoms with van der Waals surface area (Å²) in [4.78, 5) is 26.9. The van der Waals surface area contributed by atoms with Crippen LogP contribution in [0.15, 0.2) is 30.3 Å². The average molecular weight is 502 g/mol. The Morgan fingerprint density at radius 3 is 2.51 bits per heavy atom. The minimum atomic E-state index is -0.470. The number of esters is 1. The van der Waals surface area contributed by atoms with Crippen molar-refractivity contribution >= 4 is 23.4 Å². The minimum absolute atomic E-state index is 0.221. The van der Waals surface area contributed by atoms with Crippen molar-refractivity contribution in [2.45, 2.75) is 64.3 Å². The van der Waals surface area contributed by atoms with E-state index in [-0.39, 0.29) is 18.4 Å². The van der Waals surface area contributed by atoms with E-state index in [1.54, 1.807) is 11.3 Å². The van der Waals surface area contributed by atoms with E-state index in [1.807, 2.05) is 37.3 Å². The van der Waals surface area contributed by atoms with Gasteiger partial charge in [0.2, 0.25) is 0 Å². The van der Waals surface area contributed by atoms with Crippen LogP contribution >= 0.6 is 11.3 Å². The maximum atomic E-state index is 12.6. The van der Waals surface area contributed by atoms with Crippen LogP contribution in [0.25, 0.3) is 0 Å². The molecule has 2 aliphatic rings. The summed E-state index contributed by atoms with van der Waals surface area (Å²) in [5.74, 6) is 0.133. The Labute approximate surface area is 211 Å². The van der Waals surface area contributed by atoms with Crippen LogP contribution in [0.1, 0.15) is 69.8 Å². The van der Waals surface area contributed by atoms with Crippen molar-refractivity contribution in [3.63, 3.8) is 0 Å². The highest BCUT2D eigenvalue weighted by atomic mass is 32.1. The topological polar surface area (TPSA) is 83.1 Å². The van der Waals surface area contributed by atoms with Gasteiger partial charge in [0.15, 0.2) is 5.79 Å². The number of thiophene rings is 1. The van der Waals surface area contributed by atoms with Gasteiger partial charge in [-0.15, -0.1) is 11.3 Å². The molecule has 7 nitrogen and oxygen atoms in total. The van der Waals surface area contributed by atoms with Crippen molar-refractivity contribution in [2.75, 3.05) is 26.9 Å². The van der Waals surface area contributed by atoms with E-state index in [0.717, 1.165) is 41.7 Å². The SMILES string of the molecule is COC(=O)c1c(CCNC(=O)OCc2ccccc2)sc(C(C)C2CCC3(CC2)OCCO3)c1C. The van der Waals surface area contributed by atoms with E-state index in [4.69, 9.17) is 18.9 Å². The van der Waals surface area contributed by atoms with Crippen LogP contribution in [0, 0.1) is 12.8 Å². The molecule has 1 aromatic carbocycles. The number of rotatable bonds is 8. The molecule has 0 bridgehead atoms. The molecule has 4 rings (SSSR count). The molecule has 1 aromatic heterocycles. The van der Waals surface area contributed by atoms with E-state index in [1.165, 1.54) is 12.0 Å². The van der Waals surface area contributed by atoms with Crippen LogP contribution in [0.2, 0.25) is 0 Å². The van der Waals surface area contributed by atoms with Gasteiger partial charge in [-0.2, -0.15) is 0 Å². The second-order valence-electron chi connectivity index (χ2n) is 9.35. The van der Waals surface area contributed by atoms with Gasteiger partial charge in [-0.3, -0.25) is 0 Å². The van der Waals surface area contributed by atoms with Crippen LogP contribution < -0.4 is 5.32 Å². The predicted octanol–water partition coefficient (Wildman–Crippen LogP) is 5.35. The van der Waals surface area contributed by atoms with Crippen LogP contribution in [0.3, 0.4) is 0 Å². The third kappa shape index (κ3) is 6.05. The summed E-state index contributed by atoms with van der Waals surface area (Å²) in [7, 11) is 1.41. The summed E-state index contributed by atoms with van der Waals surface area (Å²) >= 11 is 1.66. The van der Waals surface area contributed by atoms with Gasteiger partial charge in [0.05, 0.1) is 25.9 Å². The Balaban J connectivity index is 1.37. The van der Waals surface area contributed by atoms with Gasteiger partial charge in [-0.25, -0.2) is 9.59 Å². The largest absolute Gasteiger partial charge is 0.465 e. The molecule has 1 amide bonds. The molecule has 1 aliphatic heterocycles. The van der Waals surface area contributed by atoms with Crippen molar-refractivity contribution in [1.82, 2.24) is 5.32 Å². The van der Waals surface area contributed by atoms with Gasteiger partial charge in [-0.05, 0) is 42.7 Å². The Morgan fingerprint density at radius 1 is 1.17 bits per heavy atom. The van der Waals surface area contributed by atoms with Crippen molar-refractivity contribution in [3.8, 4) is 0 Å². The molecule has 0 radical (unpaired) electrons. The fraction of sp³-hybridized carbons (Fsp3) is 0.556. The number of amides is 1. The second kappa shape index (κ2) is 11.5. The number of hydrogen-bond donors (Lipinski definition) is 1. The van der Waals surface area contributed by atoms with Crippen LogP contribution in [-0.2, 0) is 32.0 Å². The molecule has 1 N–H and O–H groups in total. The molecule has 190 valence electrons. The van der Waals surface area contributed by atoms with Gasteiger partial charge < -0.3 is 24.3 Å². The van der Waals surface area contributed by atoms with Gasteiger partial charge in [0.25, 0.3) is 0 Å². The molecule has 2 heterocycles. The predicted molar refractivity (Wildman–Crippen MR) is 134 cm³/mol. The van der Waals surface area contributed by atoms with E-state index in [9.17, 15) is 9.59 Å². The van der Waals surface area contributed by atoms with Crippen LogP contribution in [-0.4, -0.2) is 44.7 Å². The van der Waals surface area contributed by atoms with Gasteiger partial charge in [-0.1, -0.05) is 37.3 Å². The zero-order valence-electron chi connectivity index (χ0n) is 20.8. The number of nitrogens with one attached hydrogen (secondary N) is 1. The number of carbonyl (C=O) groups is 2. The Bertz CT molecular complexity index is 1000. The van der Waals surface area contributed by atoms with E-state index in [0.29, 0.717) is 43.6 Å². The minimum Gasteiger partial charge on any atom is -0.465 e. The molecular weight excluding hydrogens is 466 g/mol. The van der Waals surface area contributed by atoms with E-state index >= 15 is 0 Å². The maximum absolute atomic E-state index is 12.6. The summed E-state index contributed by atoms with van der Waals surface area (Å²) < 4.78 is 22.2. The number of ether oxygens (including phenoxy) is 4. The number of carbonyl (C=O) groups excluding carboxylic acids is 2. The lowest BCUT2D eigenvalue weighted by Crippen LogP contribution is -2.36. The smallest absolute Gasteiger partial charge is 0.407 e. The molecule has 1 saturated carbocycles. The zero-order valence-corrected chi connectivity index (χ0v) is 21.6. The Morgan fingerprint density at radius 2 is 1.86 bits per heavy atom. The first-order valence-electron chi connectivity index (χ1n) is 12.4. The highest BCUT2D eigenvalue weighted by Crippen LogP contribution is 2.46. The molecule has 2 aromatic rings. The van der Waals surface area contributed by atoms with Gasteiger partial charge >= 0.3 is 12.1 Å². The summed E-state index contributed by atoms with van der Waals surface area (Å²) in [6, 6.07) is 9.55. The molecular formula is C27H35NO6S. The molecule has 2 fully saturated rings. The average Bonchev–Trinajstić information content (AvgIpc) is 3.47. The molecule has 8 heteroatoms. The van der Waals surface area contributed by atoms with Crippen molar-refractivity contribution in [1.29, 1.82) is 0 Å². The molecule has 1 aliphatic carbocycles. The first-order valence-corrected chi connectivity index (χ1v) is 13.2. The first kappa shape index (κ1) is 25.7.